The van der Waals surface area contributed by atoms with Crippen molar-refractivity contribution in [3.05, 3.63) is 47.9 Å². The smallest absolute Gasteiger partial charge is 0.223 e. The Morgan fingerprint density at radius 2 is 2.08 bits per heavy atom. The van der Waals surface area contributed by atoms with Gasteiger partial charge in [0.05, 0.1) is 13.7 Å². The Morgan fingerprint density at radius 1 is 1.28 bits per heavy atom. The van der Waals surface area contributed by atoms with Crippen molar-refractivity contribution in [1.82, 2.24) is 14.9 Å². The van der Waals surface area contributed by atoms with Crippen LogP contribution in [0.5, 0.6) is 11.6 Å². The molecule has 0 aliphatic carbocycles. The van der Waals surface area contributed by atoms with Gasteiger partial charge in [-0.2, -0.15) is 4.98 Å². The van der Waals surface area contributed by atoms with Gasteiger partial charge in [-0.1, -0.05) is 12.1 Å². The molecule has 0 spiro atoms. The topological polar surface area (TPSA) is 64.5 Å². The molecule has 6 heteroatoms. The van der Waals surface area contributed by atoms with Gasteiger partial charge in [0, 0.05) is 31.6 Å². The van der Waals surface area contributed by atoms with E-state index in [0.717, 1.165) is 30.7 Å². The summed E-state index contributed by atoms with van der Waals surface area (Å²) in [6.07, 6.45) is 3.75. The molecule has 1 aliphatic rings. The fourth-order valence-corrected chi connectivity index (χ4v) is 2.92. The van der Waals surface area contributed by atoms with Crippen molar-refractivity contribution in [2.45, 2.75) is 32.3 Å². The molecular weight excluding hydrogens is 318 g/mol. The summed E-state index contributed by atoms with van der Waals surface area (Å²) in [5.74, 6) is 2.25. The summed E-state index contributed by atoms with van der Waals surface area (Å²) < 4.78 is 11.0. The van der Waals surface area contributed by atoms with Crippen LogP contribution in [0.25, 0.3) is 0 Å². The Balaban J connectivity index is 1.47. The molecule has 2 aromatic rings. The van der Waals surface area contributed by atoms with Crippen molar-refractivity contribution in [1.29, 1.82) is 0 Å². The molecule has 1 saturated heterocycles. The highest BCUT2D eigenvalue weighted by Crippen LogP contribution is 2.18. The van der Waals surface area contributed by atoms with Crippen LogP contribution in [0.3, 0.4) is 0 Å². The Morgan fingerprint density at radius 3 is 2.80 bits per heavy atom. The molecule has 0 saturated carbocycles. The van der Waals surface area contributed by atoms with Gasteiger partial charge in [0.15, 0.2) is 0 Å². The van der Waals surface area contributed by atoms with Crippen LogP contribution in [0.2, 0.25) is 0 Å². The highest BCUT2D eigenvalue weighted by Gasteiger charge is 2.27. The third-order valence-electron chi connectivity index (χ3n) is 4.32. The third-order valence-corrected chi connectivity index (χ3v) is 4.32. The van der Waals surface area contributed by atoms with E-state index in [9.17, 15) is 4.79 Å². The molecule has 132 valence electrons. The number of ether oxygens (including phenoxy) is 2. The number of benzene rings is 1. The first-order chi connectivity index (χ1) is 12.1. The van der Waals surface area contributed by atoms with E-state index in [0.29, 0.717) is 24.7 Å². The predicted octanol–water partition coefficient (Wildman–Crippen LogP) is 2.41. The third kappa shape index (κ3) is 4.68. The maximum absolute atomic E-state index is 12.4. The monoisotopic (exact) mass is 341 g/mol. The Kier molecular flexibility index (Phi) is 5.48. The molecule has 6 nitrogen and oxygen atoms in total. The Bertz CT molecular complexity index is 718. The minimum Gasteiger partial charge on any atom is -0.497 e. The molecule has 0 unspecified atom stereocenters. The lowest BCUT2D eigenvalue weighted by molar-refractivity contribution is -0.130. The highest BCUT2D eigenvalue weighted by atomic mass is 16.5. The highest BCUT2D eigenvalue weighted by molar-refractivity contribution is 5.76. The number of aryl methyl sites for hydroxylation is 2. The Hall–Kier alpha value is -2.63. The summed E-state index contributed by atoms with van der Waals surface area (Å²) >= 11 is 0. The number of hydrogen-bond acceptors (Lipinski definition) is 5. The molecule has 1 aromatic heterocycles. The van der Waals surface area contributed by atoms with Gasteiger partial charge in [-0.05, 0) is 31.0 Å². The van der Waals surface area contributed by atoms with Crippen LogP contribution in [0.15, 0.2) is 36.5 Å². The summed E-state index contributed by atoms with van der Waals surface area (Å²) in [6.45, 7) is 3.18. The van der Waals surface area contributed by atoms with Gasteiger partial charge in [0.1, 0.15) is 17.7 Å². The maximum Gasteiger partial charge on any atom is 0.223 e. The van der Waals surface area contributed by atoms with E-state index < -0.39 is 0 Å². The van der Waals surface area contributed by atoms with Gasteiger partial charge >= 0.3 is 0 Å². The molecule has 1 atom stereocenters. The van der Waals surface area contributed by atoms with Gasteiger partial charge < -0.3 is 14.4 Å². The average Bonchev–Trinajstić information content (AvgIpc) is 3.08. The van der Waals surface area contributed by atoms with E-state index in [1.165, 1.54) is 0 Å². The quantitative estimate of drug-likeness (QED) is 0.807. The molecule has 1 fully saturated rings. The summed E-state index contributed by atoms with van der Waals surface area (Å²) in [6, 6.07) is 9.59. The van der Waals surface area contributed by atoms with Gasteiger partial charge in [0.2, 0.25) is 11.8 Å². The molecule has 25 heavy (non-hydrogen) atoms. The number of likely N-dealkylation sites (tertiary alicyclic amines) is 1. The first-order valence-electron chi connectivity index (χ1n) is 8.51. The molecule has 0 N–H and O–H groups in total. The minimum atomic E-state index is -0.000707. The number of rotatable bonds is 6. The van der Waals surface area contributed by atoms with Crippen molar-refractivity contribution in [3.63, 3.8) is 0 Å². The fourth-order valence-electron chi connectivity index (χ4n) is 2.92. The van der Waals surface area contributed by atoms with Crippen LogP contribution in [0, 0.1) is 6.92 Å². The van der Waals surface area contributed by atoms with Crippen LogP contribution in [-0.4, -0.2) is 47.1 Å². The number of aromatic nitrogens is 2. The standard InChI is InChI=1S/C19H23N3O3/c1-14-20-11-9-18(21-14)25-17-10-12-22(13-17)19(23)8-5-15-3-6-16(24-2)7-4-15/h3-4,6-7,9,11,17H,5,8,10,12-13H2,1-2H3/t17-/m0/s1. The summed E-state index contributed by atoms with van der Waals surface area (Å²) in [4.78, 5) is 22.6. The number of carbonyl (C=O) groups excluding carboxylic acids is 1. The Labute approximate surface area is 147 Å². The van der Waals surface area contributed by atoms with Crippen molar-refractivity contribution < 1.29 is 14.3 Å². The summed E-state index contributed by atoms with van der Waals surface area (Å²) in [7, 11) is 1.65. The van der Waals surface area contributed by atoms with E-state index >= 15 is 0 Å². The molecule has 3 rings (SSSR count). The van der Waals surface area contributed by atoms with Gasteiger partial charge in [-0.25, -0.2) is 4.98 Å². The minimum absolute atomic E-state index is 0.000707. The molecular formula is C19H23N3O3. The predicted molar refractivity (Wildman–Crippen MR) is 93.7 cm³/mol. The lowest BCUT2D eigenvalue weighted by Gasteiger charge is -2.17. The second-order valence-electron chi connectivity index (χ2n) is 6.16. The van der Waals surface area contributed by atoms with Crippen LogP contribution >= 0.6 is 0 Å². The van der Waals surface area contributed by atoms with Crippen LogP contribution in [0.1, 0.15) is 24.2 Å². The molecule has 1 amide bonds. The van der Waals surface area contributed by atoms with Crippen molar-refractivity contribution in [3.8, 4) is 11.6 Å². The van der Waals surface area contributed by atoms with E-state index in [1.807, 2.05) is 36.1 Å². The maximum atomic E-state index is 12.4. The van der Waals surface area contributed by atoms with E-state index in [4.69, 9.17) is 9.47 Å². The number of carbonyl (C=O) groups is 1. The second kappa shape index (κ2) is 7.96. The van der Waals surface area contributed by atoms with Crippen LogP contribution in [0.4, 0.5) is 0 Å². The van der Waals surface area contributed by atoms with Crippen LogP contribution < -0.4 is 9.47 Å². The zero-order chi connectivity index (χ0) is 17.6. The fraction of sp³-hybridized carbons (Fsp3) is 0.421. The summed E-state index contributed by atoms with van der Waals surface area (Å²) in [5.41, 5.74) is 1.14. The van der Waals surface area contributed by atoms with E-state index in [1.54, 1.807) is 19.4 Å². The second-order valence-corrected chi connectivity index (χ2v) is 6.16. The largest absolute Gasteiger partial charge is 0.497 e. The van der Waals surface area contributed by atoms with Crippen molar-refractivity contribution in [2.24, 2.45) is 0 Å². The first kappa shape index (κ1) is 17.2. The van der Waals surface area contributed by atoms with Crippen molar-refractivity contribution >= 4 is 5.91 Å². The normalized spacial score (nSPS) is 16.7. The molecule has 0 radical (unpaired) electrons. The lowest BCUT2D eigenvalue weighted by Crippen LogP contribution is -2.31. The van der Waals surface area contributed by atoms with E-state index in [2.05, 4.69) is 9.97 Å². The summed E-state index contributed by atoms with van der Waals surface area (Å²) in [5, 5.41) is 0. The van der Waals surface area contributed by atoms with Gasteiger partial charge in [0.25, 0.3) is 0 Å². The molecule has 1 aliphatic heterocycles. The number of hydrogen-bond donors (Lipinski definition) is 0. The lowest BCUT2D eigenvalue weighted by atomic mass is 10.1. The zero-order valence-corrected chi connectivity index (χ0v) is 14.6. The van der Waals surface area contributed by atoms with Crippen molar-refractivity contribution in [2.75, 3.05) is 20.2 Å². The number of nitrogens with zero attached hydrogens (tertiary/aromatic N) is 3. The van der Waals surface area contributed by atoms with Gasteiger partial charge in [-0.3, -0.25) is 4.79 Å². The molecule has 1 aromatic carbocycles. The molecule has 0 bridgehead atoms. The SMILES string of the molecule is COc1ccc(CCC(=O)N2CC[C@H](Oc3ccnc(C)n3)C2)cc1. The van der Waals surface area contributed by atoms with Gasteiger partial charge in [-0.15, -0.1) is 0 Å². The molecule has 2 heterocycles. The number of methoxy groups -OCH3 is 1. The first-order valence-corrected chi connectivity index (χ1v) is 8.51. The van der Waals surface area contributed by atoms with Crippen LogP contribution in [-0.2, 0) is 11.2 Å². The zero-order valence-electron chi connectivity index (χ0n) is 14.6. The average molecular weight is 341 g/mol. The van der Waals surface area contributed by atoms with E-state index in [-0.39, 0.29) is 12.0 Å². The number of amides is 1.